The van der Waals surface area contributed by atoms with Crippen LogP contribution in [0.2, 0.25) is 0 Å². The van der Waals surface area contributed by atoms with Gasteiger partial charge in [-0.3, -0.25) is 14.4 Å². The number of nitrogens with one attached hydrogen (secondary N) is 2. The van der Waals surface area contributed by atoms with Crippen molar-refractivity contribution in [2.75, 3.05) is 44.8 Å². The van der Waals surface area contributed by atoms with Gasteiger partial charge in [0.15, 0.2) is 0 Å². The normalized spacial score (nSPS) is 22.0. The maximum Gasteiger partial charge on any atom is 0.283 e. The molecule has 0 radical (unpaired) electrons. The van der Waals surface area contributed by atoms with Crippen LogP contribution >= 0.6 is 0 Å². The van der Waals surface area contributed by atoms with E-state index in [2.05, 4.69) is 20.4 Å². The first kappa shape index (κ1) is 28.5. The smallest absolute Gasteiger partial charge is 0.283 e. The van der Waals surface area contributed by atoms with Gasteiger partial charge in [-0.1, -0.05) is 18.2 Å². The molecule has 0 spiro atoms. The molecule has 5 rings (SSSR count). The van der Waals surface area contributed by atoms with Crippen molar-refractivity contribution in [3.05, 3.63) is 71.1 Å². The Morgan fingerprint density at radius 1 is 1.15 bits per heavy atom. The molecular weight excluding hydrogens is 529 g/mol. The number of nitrogens with zero attached hydrogens (tertiary/aromatic N) is 3. The maximum atomic E-state index is 15.8. The van der Waals surface area contributed by atoms with E-state index in [-0.39, 0.29) is 24.0 Å². The number of fused-ring (bicyclic) bond motifs is 1. The molecule has 11 heteroatoms. The predicted octanol–water partition coefficient (Wildman–Crippen LogP) is 5.16. The molecule has 2 aliphatic heterocycles. The molecule has 1 aromatic heterocycles. The molecule has 6 nitrogen and oxygen atoms in total. The molecule has 3 heterocycles. The van der Waals surface area contributed by atoms with Gasteiger partial charge in [-0.05, 0) is 55.0 Å². The van der Waals surface area contributed by atoms with E-state index in [4.69, 9.17) is 0 Å². The zero-order valence-corrected chi connectivity index (χ0v) is 22.3. The Labute approximate surface area is 230 Å². The van der Waals surface area contributed by atoms with E-state index in [1.807, 2.05) is 6.07 Å². The van der Waals surface area contributed by atoms with Crippen LogP contribution in [0.25, 0.3) is 11.1 Å². The number of likely N-dealkylation sites (tertiary alicyclic amines) is 1. The third-order valence-corrected chi connectivity index (χ3v) is 7.93. The number of H-pyrrole nitrogens is 1. The quantitative estimate of drug-likeness (QED) is 0.297. The molecule has 0 amide bonds. The van der Waals surface area contributed by atoms with Gasteiger partial charge in [0, 0.05) is 54.7 Å². The molecule has 40 heavy (non-hydrogen) atoms. The SMILES string of the molecule is C[C@@H]1Cc2cc(-c3cn[nH]c3)ccc2[C@@H](c2c(F)cc(N[C@H]3CCN(CCCF)C3)cc2F)N1CC(F)(F)CO. The van der Waals surface area contributed by atoms with Crippen LogP contribution in [0.15, 0.2) is 42.7 Å². The number of aromatic amines is 1. The van der Waals surface area contributed by atoms with Crippen molar-refractivity contribution < 1.29 is 27.1 Å². The van der Waals surface area contributed by atoms with Crippen LogP contribution in [0.1, 0.15) is 42.5 Å². The second-order valence-electron chi connectivity index (χ2n) is 10.9. The van der Waals surface area contributed by atoms with Gasteiger partial charge in [-0.2, -0.15) is 5.10 Å². The molecule has 2 aromatic carbocycles. The van der Waals surface area contributed by atoms with Crippen LogP contribution < -0.4 is 5.32 Å². The summed E-state index contributed by atoms with van der Waals surface area (Å²) in [5.74, 6) is -5.13. The number of hydrogen-bond acceptors (Lipinski definition) is 5. The number of anilines is 1. The van der Waals surface area contributed by atoms with Crippen LogP contribution in [-0.4, -0.2) is 82.6 Å². The summed E-state index contributed by atoms with van der Waals surface area (Å²) in [4.78, 5) is 3.49. The molecule has 0 bridgehead atoms. The lowest BCUT2D eigenvalue weighted by Gasteiger charge is -2.43. The van der Waals surface area contributed by atoms with Crippen LogP contribution in [0.4, 0.5) is 27.6 Å². The Morgan fingerprint density at radius 3 is 2.60 bits per heavy atom. The number of alkyl halides is 3. The molecule has 3 atom stereocenters. The molecular formula is C29H34F5N5O. The van der Waals surface area contributed by atoms with Crippen molar-refractivity contribution in [1.29, 1.82) is 0 Å². The zero-order valence-electron chi connectivity index (χ0n) is 22.3. The standard InChI is InChI=1S/C29H34F5N5O/c1-18-9-20-10-19(21-13-35-36-14-21)3-4-24(20)28(39(18)16-29(33,34)17-40)27-25(31)11-23(12-26(27)32)37-22-5-8-38(15-22)7-2-6-30/h3-4,10-14,18,22,28,37,40H,2,5-9,15-17H2,1H3,(H,35,36)/t18-,22+,28+/m1/s1. The molecule has 0 saturated carbocycles. The highest BCUT2D eigenvalue weighted by Gasteiger charge is 2.42. The minimum absolute atomic E-state index is 0.0409. The summed E-state index contributed by atoms with van der Waals surface area (Å²) in [5, 5.41) is 19.2. The summed E-state index contributed by atoms with van der Waals surface area (Å²) in [7, 11) is 0. The lowest BCUT2D eigenvalue weighted by molar-refractivity contribution is -0.0867. The summed E-state index contributed by atoms with van der Waals surface area (Å²) in [6.45, 7) is 1.18. The first-order valence-electron chi connectivity index (χ1n) is 13.6. The van der Waals surface area contributed by atoms with Crippen LogP contribution in [0.3, 0.4) is 0 Å². The summed E-state index contributed by atoms with van der Waals surface area (Å²) < 4.78 is 73.2. The zero-order chi connectivity index (χ0) is 28.4. The van der Waals surface area contributed by atoms with E-state index in [9.17, 15) is 18.3 Å². The van der Waals surface area contributed by atoms with E-state index in [1.54, 1.807) is 31.5 Å². The van der Waals surface area contributed by atoms with Gasteiger partial charge in [0.05, 0.1) is 25.5 Å². The number of rotatable bonds is 10. The monoisotopic (exact) mass is 563 g/mol. The summed E-state index contributed by atoms with van der Waals surface area (Å²) in [6.07, 6.45) is 4.99. The number of benzene rings is 2. The number of hydrogen-bond donors (Lipinski definition) is 3. The van der Waals surface area contributed by atoms with Crippen molar-refractivity contribution in [2.24, 2.45) is 0 Å². The van der Waals surface area contributed by atoms with E-state index >= 15 is 8.78 Å². The highest BCUT2D eigenvalue weighted by Crippen LogP contribution is 2.43. The average Bonchev–Trinajstić information content (AvgIpc) is 3.61. The molecule has 3 aromatic rings. The maximum absolute atomic E-state index is 15.8. The summed E-state index contributed by atoms with van der Waals surface area (Å²) in [6, 6.07) is 6.20. The van der Waals surface area contributed by atoms with E-state index in [0.29, 0.717) is 31.5 Å². The fourth-order valence-electron chi connectivity index (χ4n) is 5.99. The average molecular weight is 564 g/mol. The van der Waals surface area contributed by atoms with Gasteiger partial charge in [-0.15, -0.1) is 0 Å². The third-order valence-electron chi connectivity index (χ3n) is 7.93. The van der Waals surface area contributed by atoms with Gasteiger partial charge in [0.2, 0.25) is 0 Å². The minimum Gasteiger partial charge on any atom is -0.390 e. The number of halogens is 5. The molecule has 0 aliphatic carbocycles. The Balaban J connectivity index is 1.49. The molecule has 3 N–H and O–H groups in total. The van der Waals surface area contributed by atoms with Crippen LogP contribution in [0.5, 0.6) is 0 Å². The number of aromatic nitrogens is 2. The molecule has 0 unspecified atom stereocenters. The van der Waals surface area contributed by atoms with Crippen LogP contribution in [0, 0.1) is 11.6 Å². The second-order valence-corrected chi connectivity index (χ2v) is 10.9. The molecule has 216 valence electrons. The van der Waals surface area contributed by atoms with Gasteiger partial charge in [0.25, 0.3) is 5.92 Å². The predicted molar refractivity (Wildman–Crippen MR) is 143 cm³/mol. The topological polar surface area (TPSA) is 67.4 Å². The largest absolute Gasteiger partial charge is 0.390 e. The highest BCUT2D eigenvalue weighted by atomic mass is 19.3. The Hall–Kier alpha value is -3.02. The molecule has 2 aliphatic rings. The minimum atomic E-state index is -3.45. The van der Waals surface area contributed by atoms with E-state index in [1.165, 1.54) is 17.0 Å². The van der Waals surface area contributed by atoms with Crippen molar-refractivity contribution in [3.63, 3.8) is 0 Å². The van der Waals surface area contributed by atoms with Gasteiger partial charge in [0.1, 0.15) is 18.2 Å². The van der Waals surface area contributed by atoms with E-state index < -0.39 is 42.8 Å². The Morgan fingerprint density at radius 2 is 1.93 bits per heavy atom. The first-order valence-corrected chi connectivity index (χ1v) is 13.6. The highest BCUT2D eigenvalue weighted by molar-refractivity contribution is 5.64. The fraction of sp³-hybridized carbons (Fsp3) is 0.483. The molecule has 1 saturated heterocycles. The van der Waals surface area contributed by atoms with Gasteiger partial charge in [-0.25, -0.2) is 17.6 Å². The fourth-order valence-corrected chi connectivity index (χ4v) is 5.99. The third kappa shape index (κ3) is 6.01. The van der Waals surface area contributed by atoms with Crippen molar-refractivity contribution >= 4 is 5.69 Å². The first-order chi connectivity index (χ1) is 19.2. The van der Waals surface area contributed by atoms with E-state index in [0.717, 1.165) is 29.7 Å². The second kappa shape index (κ2) is 11.8. The summed E-state index contributed by atoms with van der Waals surface area (Å²) in [5.41, 5.74) is 2.99. The number of aliphatic hydroxyl groups excluding tert-OH is 1. The Kier molecular flexibility index (Phi) is 8.44. The van der Waals surface area contributed by atoms with Crippen molar-refractivity contribution in [2.45, 2.75) is 50.2 Å². The number of aliphatic hydroxyl groups is 1. The Bertz CT molecular complexity index is 1280. The lowest BCUT2D eigenvalue weighted by Crippen LogP contribution is -2.49. The lowest BCUT2D eigenvalue weighted by atomic mass is 9.83. The molecule has 1 fully saturated rings. The van der Waals surface area contributed by atoms with Gasteiger partial charge < -0.3 is 15.3 Å². The van der Waals surface area contributed by atoms with Crippen molar-refractivity contribution in [1.82, 2.24) is 20.0 Å². The summed E-state index contributed by atoms with van der Waals surface area (Å²) >= 11 is 0. The van der Waals surface area contributed by atoms with Crippen LogP contribution in [-0.2, 0) is 6.42 Å². The van der Waals surface area contributed by atoms with Crippen molar-refractivity contribution in [3.8, 4) is 11.1 Å². The van der Waals surface area contributed by atoms with Gasteiger partial charge >= 0.3 is 0 Å².